The van der Waals surface area contributed by atoms with Crippen LogP contribution in [-0.4, -0.2) is 29.6 Å². The van der Waals surface area contributed by atoms with Gasteiger partial charge in [0.2, 0.25) is 0 Å². The van der Waals surface area contributed by atoms with Gasteiger partial charge in [-0.3, -0.25) is 14.4 Å². The fraction of sp³-hybridized carbons (Fsp3) is 0.188. The van der Waals surface area contributed by atoms with Crippen molar-refractivity contribution in [3.63, 3.8) is 0 Å². The second-order valence-corrected chi connectivity index (χ2v) is 6.72. The molecule has 1 aromatic heterocycles. The lowest BCUT2D eigenvalue weighted by Crippen LogP contribution is -2.31. The number of thioether (sulfide) groups is 1. The SMILES string of the molecule is C[C@@H](OC(=O)CSc1ccccc1)C(=O)Nc1sccc1C(N)=O. The minimum Gasteiger partial charge on any atom is -0.452 e. The van der Waals surface area contributed by atoms with Gasteiger partial charge < -0.3 is 15.8 Å². The number of nitrogens with two attached hydrogens (primary N) is 1. The van der Waals surface area contributed by atoms with Gasteiger partial charge in [-0.15, -0.1) is 23.1 Å². The Balaban J connectivity index is 1.83. The highest BCUT2D eigenvalue weighted by Gasteiger charge is 2.20. The highest BCUT2D eigenvalue weighted by molar-refractivity contribution is 8.00. The molecule has 1 aromatic carbocycles. The van der Waals surface area contributed by atoms with Crippen LogP contribution in [0.2, 0.25) is 0 Å². The van der Waals surface area contributed by atoms with Crippen LogP contribution < -0.4 is 11.1 Å². The summed E-state index contributed by atoms with van der Waals surface area (Å²) in [6.45, 7) is 1.47. The molecule has 3 N–H and O–H groups in total. The first-order valence-corrected chi connectivity index (χ1v) is 8.89. The van der Waals surface area contributed by atoms with E-state index in [1.807, 2.05) is 30.3 Å². The summed E-state index contributed by atoms with van der Waals surface area (Å²) in [6.07, 6.45) is -0.975. The number of benzene rings is 1. The van der Waals surface area contributed by atoms with E-state index >= 15 is 0 Å². The smallest absolute Gasteiger partial charge is 0.317 e. The lowest BCUT2D eigenvalue weighted by molar-refractivity contribution is -0.150. The molecular formula is C16H16N2O4S2. The van der Waals surface area contributed by atoms with Gasteiger partial charge in [0.25, 0.3) is 11.8 Å². The molecular weight excluding hydrogens is 348 g/mol. The van der Waals surface area contributed by atoms with Crippen molar-refractivity contribution in [1.29, 1.82) is 0 Å². The number of anilines is 1. The molecule has 2 rings (SSSR count). The number of primary amides is 1. The average molecular weight is 364 g/mol. The number of rotatable bonds is 7. The Hall–Kier alpha value is -2.32. The molecule has 0 aliphatic carbocycles. The first-order valence-electron chi connectivity index (χ1n) is 7.03. The van der Waals surface area contributed by atoms with Crippen LogP contribution in [0.25, 0.3) is 0 Å². The van der Waals surface area contributed by atoms with E-state index in [1.54, 1.807) is 5.38 Å². The fourth-order valence-electron chi connectivity index (χ4n) is 1.76. The summed E-state index contributed by atoms with van der Waals surface area (Å²) >= 11 is 2.50. The van der Waals surface area contributed by atoms with Gasteiger partial charge in [0, 0.05) is 4.90 Å². The Bertz CT molecular complexity index is 731. The summed E-state index contributed by atoms with van der Waals surface area (Å²) in [4.78, 5) is 36.0. The average Bonchev–Trinajstić information content (AvgIpc) is 3.02. The second-order valence-electron chi connectivity index (χ2n) is 4.75. The van der Waals surface area contributed by atoms with E-state index in [4.69, 9.17) is 10.5 Å². The monoisotopic (exact) mass is 364 g/mol. The van der Waals surface area contributed by atoms with Crippen LogP contribution >= 0.6 is 23.1 Å². The Morgan fingerprint density at radius 2 is 1.96 bits per heavy atom. The number of carbonyl (C=O) groups is 3. The van der Waals surface area contributed by atoms with E-state index in [2.05, 4.69) is 5.32 Å². The van der Waals surface area contributed by atoms with E-state index < -0.39 is 23.9 Å². The van der Waals surface area contributed by atoms with Gasteiger partial charge >= 0.3 is 5.97 Å². The minimum absolute atomic E-state index is 0.104. The van der Waals surface area contributed by atoms with Crippen LogP contribution in [0, 0.1) is 0 Å². The van der Waals surface area contributed by atoms with Gasteiger partial charge in [-0.05, 0) is 30.5 Å². The summed E-state index contributed by atoms with van der Waals surface area (Å²) in [5.41, 5.74) is 5.44. The van der Waals surface area contributed by atoms with Crippen LogP contribution in [0.1, 0.15) is 17.3 Å². The standard InChI is InChI=1S/C16H16N2O4S2/c1-10(15(21)18-16-12(14(17)20)7-8-23-16)22-13(19)9-24-11-5-3-2-4-6-11/h2-8,10H,9H2,1H3,(H2,17,20)(H,18,21)/t10-/m1/s1. The summed E-state index contributed by atoms with van der Waals surface area (Å²) in [6, 6.07) is 10.9. The van der Waals surface area contributed by atoms with Crippen molar-refractivity contribution in [3.8, 4) is 0 Å². The lowest BCUT2D eigenvalue weighted by atomic mass is 10.3. The maximum Gasteiger partial charge on any atom is 0.317 e. The minimum atomic E-state index is -0.975. The molecule has 1 atom stereocenters. The molecule has 8 heteroatoms. The number of ether oxygens (including phenoxy) is 1. The molecule has 0 spiro atoms. The van der Waals surface area contributed by atoms with Crippen LogP contribution in [0.5, 0.6) is 0 Å². The third kappa shape index (κ3) is 5.10. The number of thiophene rings is 1. The van der Waals surface area contributed by atoms with Crippen LogP contribution in [0.3, 0.4) is 0 Å². The van der Waals surface area contributed by atoms with Crippen molar-refractivity contribution < 1.29 is 19.1 Å². The van der Waals surface area contributed by atoms with Gasteiger partial charge in [-0.1, -0.05) is 18.2 Å². The van der Waals surface area contributed by atoms with Crippen LogP contribution in [0.15, 0.2) is 46.7 Å². The molecule has 0 unspecified atom stereocenters. The molecule has 2 aromatic rings. The Kier molecular flexibility index (Phi) is 6.39. The largest absolute Gasteiger partial charge is 0.452 e. The highest BCUT2D eigenvalue weighted by atomic mass is 32.2. The predicted molar refractivity (Wildman–Crippen MR) is 94.2 cm³/mol. The normalized spacial score (nSPS) is 11.5. The molecule has 1 heterocycles. The maximum atomic E-state index is 12.1. The zero-order chi connectivity index (χ0) is 17.5. The third-order valence-electron chi connectivity index (χ3n) is 2.94. The van der Waals surface area contributed by atoms with Crippen molar-refractivity contribution in [1.82, 2.24) is 0 Å². The molecule has 0 saturated carbocycles. The van der Waals surface area contributed by atoms with Crippen molar-refractivity contribution >= 4 is 45.9 Å². The summed E-state index contributed by atoms with van der Waals surface area (Å²) < 4.78 is 5.10. The number of nitrogens with one attached hydrogen (secondary N) is 1. The third-order valence-corrected chi connectivity index (χ3v) is 4.76. The van der Waals surface area contributed by atoms with E-state index in [-0.39, 0.29) is 11.3 Å². The lowest BCUT2D eigenvalue weighted by Gasteiger charge is -2.13. The fourth-order valence-corrected chi connectivity index (χ4v) is 3.25. The number of esters is 1. The molecule has 126 valence electrons. The molecule has 0 saturated heterocycles. The summed E-state index contributed by atoms with van der Waals surface area (Å²) in [5, 5.41) is 4.53. The zero-order valence-corrected chi connectivity index (χ0v) is 14.5. The number of carbonyl (C=O) groups excluding carboxylic acids is 3. The molecule has 0 bridgehead atoms. The van der Waals surface area contributed by atoms with Crippen LogP contribution in [-0.2, 0) is 14.3 Å². The van der Waals surface area contributed by atoms with E-state index in [0.29, 0.717) is 5.00 Å². The highest BCUT2D eigenvalue weighted by Crippen LogP contribution is 2.23. The first kappa shape index (κ1) is 18.0. The van der Waals surface area contributed by atoms with Crippen molar-refractivity contribution in [2.75, 3.05) is 11.1 Å². The van der Waals surface area contributed by atoms with Crippen molar-refractivity contribution in [2.45, 2.75) is 17.9 Å². The number of hydrogen-bond donors (Lipinski definition) is 2. The predicted octanol–water partition coefficient (Wildman–Crippen LogP) is 2.51. The van der Waals surface area contributed by atoms with Gasteiger partial charge in [0.15, 0.2) is 6.10 Å². The summed E-state index contributed by atoms with van der Waals surface area (Å²) in [7, 11) is 0. The molecule has 0 aliphatic rings. The molecule has 0 aliphatic heterocycles. The quantitative estimate of drug-likeness (QED) is 0.581. The number of amides is 2. The van der Waals surface area contributed by atoms with Gasteiger partial charge in [0.05, 0.1) is 11.3 Å². The Morgan fingerprint density at radius 3 is 2.62 bits per heavy atom. The second kappa shape index (κ2) is 8.51. The topological polar surface area (TPSA) is 98.5 Å². The summed E-state index contributed by atoms with van der Waals surface area (Å²) in [5.74, 6) is -1.53. The first-order chi connectivity index (χ1) is 11.5. The van der Waals surface area contributed by atoms with E-state index in [9.17, 15) is 14.4 Å². The zero-order valence-electron chi connectivity index (χ0n) is 12.9. The molecule has 2 amide bonds. The Morgan fingerprint density at radius 1 is 1.25 bits per heavy atom. The van der Waals surface area contributed by atoms with Crippen molar-refractivity contribution in [3.05, 3.63) is 47.3 Å². The van der Waals surface area contributed by atoms with Gasteiger partial charge in [0.1, 0.15) is 5.00 Å². The maximum absolute atomic E-state index is 12.1. The molecule has 24 heavy (non-hydrogen) atoms. The molecule has 0 fully saturated rings. The molecule has 6 nitrogen and oxygen atoms in total. The molecule has 0 radical (unpaired) electrons. The van der Waals surface area contributed by atoms with Crippen molar-refractivity contribution in [2.24, 2.45) is 5.73 Å². The Labute approximate surface area is 147 Å². The van der Waals surface area contributed by atoms with Gasteiger partial charge in [-0.25, -0.2) is 0 Å². The van der Waals surface area contributed by atoms with E-state index in [0.717, 1.165) is 4.90 Å². The van der Waals surface area contributed by atoms with E-state index in [1.165, 1.54) is 36.1 Å². The number of hydrogen-bond acceptors (Lipinski definition) is 6. The van der Waals surface area contributed by atoms with Gasteiger partial charge in [-0.2, -0.15) is 0 Å². The van der Waals surface area contributed by atoms with Crippen LogP contribution in [0.4, 0.5) is 5.00 Å².